The van der Waals surface area contributed by atoms with Crippen molar-refractivity contribution >= 4 is 21.6 Å². The number of carbonyl (C=O) groups is 1. The zero-order valence-corrected chi connectivity index (χ0v) is 15.6. The lowest BCUT2D eigenvalue weighted by molar-refractivity contribution is 0.0950. The van der Waals surface area contributed by atoms with Gasteiger partial charge in [0.25, 0.3) is 5.91 Å². The number of aromatic nitrogens is 1. The van der Waals surface area contributed by atoms with Crippen molar-refractivity contribution in [1.82, 2.24) is 10.4 Å². The molecule has 1 N–H and O–H groups in total. The van der Waals surface area contributed by atoms with E-state index >= 15 is 0 Å². The van der Waals surface area contributed by atoms with Crippen LogP contribution in [-0.4, -0.2) is 39.7 Å². The highest BCUT2D eigenvalue weighted by atomic mass is 32.2. The van der Waals surface area contributed by atoms with Crippen molar-refractivity contribution in [3.8, 4) is 5.75 Å². The molecule has 1 amide bonds. The Labute approximate surface area is 147 Å². The van der Waals surface area contributed by atoms with Gasteiger partial charge in [-0.15, -0.1) is 0 Å². The van der Waals surface area contributed by atoms with E-state index in [1.807, 2.05) is 0 Å². The minimum atomic E-state index is -3.51. The molecule has 0 bridgehead atoms. The number of hydrogen-bond acceptors (Lipinski definition) is 6. The van der Waals surface area contributed by atoms with Crippen LogP contribution in [0.2, 0.25) is 0 Å². The highest BCUT2D eigenvalue weighted by Gasteiger charge is 2.22. The van der Waals surface area contributed by atoms with Gasteiger partial charge in [0.2, 0.25) is 0 Å². The van der Waals surface area contributed by atoms with Crippen molar-refractivity contribution in [3.63, 3.8) is 0 Å². The highest BCUT2D eigenvalue weighted by molar-refractivity contribution is 7.91. The van der Waals surface area contributed by atoms with Gasteiger partial charge in [0, 0.05) is 24.6 Å². The molecular weight excluding hydrogens is 342 g/mol. The third-order valence-corrected chi connectivity index (χ3v) is 4.80. The molecule has 1 aromatic carbocycles. The number of aryl methyl sites for hydroxylation is 2. The number of carbonyl (C=O) groups excluding carboxylic acids is 1. The Bertz CT molecular complexity index is 910. The van der Waals surface area contributed by atoms with E-state index in [1.165, 1.54) is 12.1 Å². The summed E-state index contributed by atoms with van der Waals surface area (Å²) >= 11 is 0. The molecule has 0 atom stereocenters. The van der Waals surface area contributed by atoms with Gasteiger partial charge >= 0.3 is 0 Å². The summed E-state index contributed by atoms with van der Waals surface area (Å²) in [5.74, 6) is 0.328. The van der Waals surface area contributed by atoms with Crippen LogP contribution in [-0.2, 0) is 9.84 Å². The second kappa shape index (κ2) is 7.10. The van der Waals surface area contributed by atoms with E-state index < -0.39 is 15.7 Å². The van der Waals surface area contributed by atoms with E-state index in [0.717, 1.165) is 6.26 Å². The van der Waals surface area contributed by atoms with Gasteiger partial charge in [-0.25, -0.2) is 13.4 Å². The minimum Gasteiger partial charge on any atom is -0.497 e. The van der Waals surface area contributed by atoms with Gasteiger partial charge in [-0.05, 0) is 43.7 Å². The van der Waals surface area contributed by atoms with Gasteiger partial charge in [-0.3, -0.25) is 15.2 Å². The van der Waals surface area contributed by atoms with Crippen LogP contribution in [0, 0.1) is 13.8 Å². The standard InChI is InChI=1S/C17H21N3O4S/c1-11-9-12(2)18-16(15(11)25(5,22)23)20(3)19-17(21)13-7-6-8-14(10-13)24-4/h6-10H,1-5H3,(H,19,21). The van der Waals surface area contributed by atoms with Gasteiger partial charge < -0.3 is 4.74 Å². The summed E-state index contributed by atoms with van der Waals surface area (Å²) in [6.45, 7) is 3.46. The molecular formula is C17H21N3O4S. The van der Waals surface area contributed by atoms with Crippen LogP contribution in [0.1, 0.15) is 21.6 Å². The quantitative estimate of drug-likeness (QED) is 0.816. The Kier molecular flexibility index (Phi) is 5.32. The molecule has 2 rings (SSSR count). The first kappa shape index (κ1) is 18.7. The summed E-state index contributed by atoms with van der Waals surface area (Å²) in [6.07, 6.45) is 1.12. The van der Waals surface area contributed by atoms with Crippen LogP contribution in [0.15, 0.2) is 35.2 Å². The Morgan fingerprint density at radius 1 is 1.24 bits per heavy atom. The number of pyridine rings is 1. The highest BCUT2D eigenvalue weighted by Crippen LogP contribution is 2.26. The number of hydrazine groups is 1. The van der Waals surface area contributed by atoms with E-state index in [0.29, 0.717) is 22.6 Å². The molecule has 0 fully saturated rings. The molecule has 1 aromatic heterocycles. The van der Waals surface area contributed by atoms with Crippen LogP contribution in [0.5, 0.6) is 5.75 Å². The summed E-state index contributed by atoms with van der Waals surface area (Å²) < 4.78 is 29.4. The normalized spacial score (nSPS) is 11.1. The van der Waals surface area contributed by atoms with Crippen molar-refractivity contribution in [1.29, 1.82) is 0 Å². The molecule has 2 aromatic rings. The summed E-state index contributed by atoms with van der Waals surface area (Å²) in [7, 11) is -0.448. The van der Waals surface area contributed by atoms with E-state index in [4.69, 9.17) is 4.74 Å². The first-order valence-electron chi connectivity index (χ1n) is 7.50. The number of nitrogens with zero attached hydrogens (tertiary/aromatic N) is 2. The molecule has 1 heterocycles. The number of amides is 1. The zero-order valence-electron chi connectivity index (χ0n) is 14.8. The Morgan fingerprint density at radius 3 is 2.52 bits per heavy atom. The van der Waals surface area contributed by atoms with Crippen LogP contribution >= 0.6 is 0 Å². The van der Waals surface area contributed by atoms with Crippen LogP contribution in [0.4, 0.5) is 5.82 Å². The third kappa shape index (κ3) is 4.27. The number of rotatable bonds is 5. The zero-order chi connectivity index (χ0) is 18.8. The summed E-state index contributed by atoms with van der Waals surface area (Å²) in [6, 6.07) is 8.35. The second-order valence-electron chi connectivity index (χ2n) is 5.74. The maximum atomic E-state index is 12.4. The largest absolute Gasteiger partial charge is 0.497 e. The number of nitrogens with one attached hydrogen (secondary N) is 1. The minimum absolute atomic E-state index is 0.0894. The van der Waals surface area contributed by atoms with Crippen molar-refractivity contribution < 1.29 is 17.9 Å². The maximum Gasteiger partial charge on any atom is 0.269 e. The van der Waals surface area contributed by atoms with Crippen LogP contribution in [0.25, 0.3) is 0 Å². The topological polar surface area (TPSA) is 88.6 Å². The monoisotopic (exact) mass is 363 g/mol. The fourth-order valence-corrected chi connectivity index (χ4v) is 3.68. The lowest BCUT2D eigenvalue weighted by Gasteiger charge is -2.23. The van der Waals surface area contributed by atoms with Gasteiger partial charge in [-0.2, -0.15) is 0 Å². The number of benzene rings is 1. The van der Waals surface area contributed by atoms with Gasteiger partial charge in [-0.1, -0.05) is 6.07 Å². The number of hydrogen-bond donors (Lipinski definition) is 1. The summed E-state index contributed by atoms with van der Waals surface area (Å²) in [4.78, 5) is 16.8. The summed E-state index contributed by atoms with van der Waals surface area (Å²) in [5.41, 5.74) is 4.26. The fourth-order valence-electron chi connectivity index (χ4n) is 2.53. The van der Waals surface area contributed by atoms with Crippen LogP contribution < -0.4 is 15.2 Å². The number of ether oxygens (including phenoxy) is 1. The lowest BCUT2D eigenvalue weighted by atomic mass is 10.2. The molecule has 0 aliphatic heterocycles. The molecule has 0 radical (unpaired) electrons. The van der Waals surface area contributed by atoms with Gasteiger partial charge in [0.15, 0.2) is 15.7 Å². The molecule has 7 nitrogen and oxygen atoms in total. The molecule has 0 spiro atoms. The molecule has 0 saturated heterocycles. The van der Waals surface area contributed by atoms with Crippen molar-refractivity contribution in [2.75, 3.05) is 25.4 Å². The molecule has 8 heteroatoms. The lowest BCUT2D eigenvalue weighted by Crippen LogP contribution is -2.40. The average Bonchev–Trinajstić information content (AvgIpc) is 2.52. The smallest absolute Gasteiger partial charge is 0.269 e. The van der Waals surface area contributed by atoms with Gasteiger partial charge in [0.05, 0.1) is 7.11 Å². The first-order valence-corrected chi connectivity index (χ1v) is 9.39. The predicted octanol–water partition coefficient (Wildman–Crippen LogP) is 1.89. The molecule has 0 aliphatic carbocycles. The third-order valence-electron chi connectivity index (χ3n) is 3.56. The molecule has 0 unspecified atom stereocenters. The van der Waals surface area contributed by atoms with Crippen LogP contribution in [0.3, 0.4) is 0 Å². The molecule has 134 valence electrons. The SMILES string of the molecule is COc1cccc(C(=O)NN(C)c2nc(C)cc(C)c2S(C)(=O)=O)c1. The number of sulfone groups is 1. The van der Waals surface area contributed by atoms with Crippen molar-refractivity contribution in [2.45, 2.75) is 18.7 Å². The van der Waals surface area contributed by atoms with Crippen molar-refractivity contribution in [3.05, 3.63) is 47.2 Å². The maximum absolute atomic E-state index is 12.4. The van der Waals surface area contributed by atoms with E-state index in [2.05, 4.69) is 10.4 Å². The number of anilines is 1. The Morgan fingerprint density at radius 2 is 1.92 bits per heavy atom. The first-order chi connectivity index (χ1) is 11.6. The van der Waals surface area contributed by atoms with E-state index in [-0.39, 0.29) is 10.7 Å². The molecule has 0 aliphatic rings. The Hall–Kier alpha value is -2.61. The Balaban J connectivity index is 2.38. The molecule has 0 saturated carbocycles. The van der Waals surface area contributed by atoms with Gasteiger partial charge in [0.1, 0.15) is 10.6 Å². The summed E-state index contributed by atoms with van der Waals surface area (Å²) in [5, 5.41) is 1.32. The van der Waals surface area contributed by atoms with Crippen molar-refractivity contribution in [2.24, 2.45) is 0 Å². The fraction of sp³-hybridized carbons (Fsp3) is 0.294. The molecule has 25 heavy (non-hydrogen) atoms. The predicted molar refractivity (Wildman–Crippen MR) is 95.7 cm³/mol. The number of methoxy groups -OCH3 is 1. The average molecular weight is 363 g/mol. The van der Waals surface area contributed by atoms with E-state index in [1.54, 1.807) is 51.2 Å². The van der Waals surface area contributed by atoms with E-state index in [9.17, 15) is 13.2 Å². The second-order valence-corrected chi connectivity index (χ2v) is 7.69.